The molecular weight excluding hydrogens is 306 g/mol. The van der Waals surface area contributed by atoms with Crippen LogP contribution in [0.3, 0.4) is 0 Å². The Morgan fingerprint density at radius 3 is 2.32 bits per heavy atom. The molecule has 104 valence electrons. The Labute approximate surface area is 122 Å². The van der Waals surface area contributed by atoms with E-state index in [1.54, 1.807) is 0 Å². The Morgan fingerprint density at radius 2 is 1.89 bits per heavy atom. The van der Waals surface area contributed by atoms with E-state index in [1.165, 1.54) is 5.56 Å². The Balaban J connectivity index is 2.11. The number of esters is 1. The van der Waals surface area contributed by atoms with Crippen molar-refractivity contribution in [1.82, 2.24) is 5.32 Å². The lowest BCUT2D eigenvalue weighted by atomic mass is 9.72. The number of nitrogens with one attached hydrogen (secondary N) is 1. The third-order valence-electron chi connectivity index (χ3n) is 3.29. The molecule has 0 aliphatic carbocycles. The predicted octanol–water partition coefficient (Wildman–Crippen LogP) is 3.02. The van der Waals surface area contributed by atoms with Crippen molar-refractivity contribution in [2.45, 2.75) is 38.2 Å². The number of hydrogen-bond acceptors (Lipinski definition) is 3. The highest BCUT2D eigenvalue weighted by Crippen LogP contribution is 2.33. The highest BCUT2D eigenvalue weighted by molar-refractivity contribution is 9.10. The molecule has 1 saturated heterocycles. The van der Waals surface area contributed by atoms with Gasteiger partial charge in [0.1, 0.15) is 5.60 Å². The summed E-state index contributed by atoms with van der Waals surface area (Å²) in [7, 11) is 0. The number of rotatable bonds is 3. The number of benzene rings is 1. The van der Waals surface area contributed by atoms with Crippen molar-refractivity contribution >= 4 is 21.9 Å². The van der Waals surface area contributed by atoms with Gasteiger partial charge in [-0.05, 0) is 38.5 Å². The van der Waals surface area contributed by atoms with Gasteiger partial charge in [-0.25, -0.2) is 0 Å². The smallest absolute Gasteiger partial charge is 0.307 e. The first kappa shape index (κ1) is 14.5. The molecule has 0 amide bonds. The van der Waals surface area contributed by atoms with Crippen LogP contribution in [0.15, 0.2) is 28.7 Å². The highest BCUT2D eigenvalue weighted by Gasteiger charge is 2.41. The molecule has 0 atom stereocenters. The molecule has 1 N–H and O–H groups in total. The zero-order valence-electron chi connectivity index (χ0n) is 11.6. The molecule has 1 heterocycles. The average Bonchev–Trinajstić information content (AvgIpc) is 2.22. The Morgan fingerprint density at radius 1 is 1.32 bits per heavy atom. The lowest BCUT2D eigenvalue weighted by molar-refractivity contribution is -0.157. The second kappa shape index (κ2) is 5.25. The third kappa shape index (κ3) is 3.57. The molecule has 19 heavy (non-hydrogen) atoms. The molecule has 1 aromatic carbocycles. The predicted molar refractivity (Wildman–Crippen MR) is 79.2 cm³/mol. The molecular formula is C15H20BrNO2. The molecule has 0 spiro atoms. The van der Waals surface area contributed by atoms with Gasteiger partial charge in [-0.15, -0.1) is 0 Å². The van der Waals surface area contributed by atoms with Crippen LogP contribution in [0.25, 0.3) is 0 Å². The van der Waals surface area contributed by atoms with Gasteiger partial charge in [0.25, 0.3) is 0 Å². The lowest BCUT2D eigenvalue weighted by Crippen LogP contribution is -2.58. The molecule has 1 fully saturated rings. The molecule has 1 aliphatic rings. The molecule has 0 saturated carbocycles. The topological polar surface area (TPSA) is 38.3 Å². The second-order valence-electron chi connectivity index (χ2n) is 6.15. The third-order valence-corrected chi connectivity index (χ3v) is 3.81. The minimum Gasteiger partial charge on any atom is -0.460 e. The van der Waals surface area contributed by atoms with E-state index in [1.807, 2.05) is 32.9 Å². The van der Waals surface area contributed by atoms with E-state index in [2.05, 4.69) is 33.4 Å². The Kier molecular flexibility index (Phi) is 4.02. The van der Waals surface area contributed by atoms with E-state index in [-0.39, 0.29) is 11.4 Å². The average molecular weight is 326 g/mol. The molecule has 4 heteroatoms. The van der Waals surface area contributed by atoms with Gasteiger partial charge in [0.2, 0.25) is 0 Å². The minimum atomic E-state index is -0.421. The lowest BCUT2D eigenvalue weighted by Gasteiger charge is -2.43. The summed E-state index contributed by atoms with van der Waals surface area (Å²) in [6.45, 7) is 7.35. The van der Waals surface area contributed by atoms with E-state index >= 15 is 0 Å². The quantitative estimate of drug-likeness (QED) is 0.868. The first-order chi connectivity index (χ1) is 8.81. The fourth-order valence-corrected chi connectivity index (χ4v) is 2.58. The van der Waals surface area contributed by atoms with Gasteiger partial charge in [0.15, 0.2) is 0 Å². The zero-order chi connectivity index (χ0) is 14.1. The standard InChI is InChI=1S/C15H20BrNO2/c1-14(2,3)19-13(18)8-15(9-17-10-15)11-4-6-12(16)7-5-11/h4-7,17H,8-10H2,1-3H3. The van der Waals surface area contributed by atoms with Crippen molar-refractivity contribution < 1.29 is 9.53 Å². The highest BCUT2D eigenvalue weighted by atomic mass is 79.9. The summed E-state index contributed by atoms with van der Waals surface area (Å²) in [5.74, 6) is -0.128. The largest absolute Gasteiger partial charge is 0.460 e. The van der Waals surface area contributed by atoms with E-state index < -0.39 is 5.60 Å². The van der Waals surface area contributed by atoms with Crippen LogP contribution in [-0.2, 0) is 14.9 Å². The second-order valence-corrected chi connectivity index (χ2v) is 7.07. The fourth-order valence-electron chi connectivity index (χ4n) is 2.32. The van der Waals surface area contributed by atoms with Gasteiger partial charge in [0.05, 0.1) is 6.42 Å². The molecule has 1 aliphatic heterocycles. The van der Waals surface area contributed by atoms with Crippen LogP contribution in [0.4, 0.5) is 0 Å². The maximum Gasteiger partial charge on any atom is 0.307 e. The summed E-state index contributed by atoms with van der Waals surface area (Å²) >= 11 is 3.44. The molecule has 0 bridgehead atoms. The number of carbonyl (C=O) groups is 1. The van der Waals surface area contributed by atoms with Crippen LogP contribution in [-0.4, -0.2) is 24.7 Å². The van der Waals surface area contributed by atoms with Gasteiger partial charge >= 0.3 is 5.97 Å². The molecule has 1 aromatic rings. The van der Waals surface area contributed by atoms with Gasteiger partial charge < -0.3 is 10.1 Å². The van der Waals surface area contributed by atoms with Crippen LogP contribution in [0.1, 0.15) is 32.8 Å². The Hall–Kier alpha value is -0.870. The van der Waals surface area contributed by atoms with Gasteiger partial charge in [0, 0.05) is 23.0 Å². The first-order valence-electron chi connectivity index (χ1n) is 6.49. The van der Waals surface area contributed by atoms with E-state index in [9.17, 15) is 4.79 Å². The summed E-state index contributed by atoms with van der Waals surface area (Å²) in [4.78, 5) is 12.0. The normalized spacial score (nSPS) is 17.7. The van der Waals surface area contributed by atoms with Crippen LogP contribution in [0.5, 0.6) is 0 Å². The van der Waals surface area contributed by atoms with E-state index in [0.29, 0.717) is 6.42 Å². The van der Waals surface area contributed by atoms with Crippen molar-refractivity contribution in [2.75, 3.05) is 13.1 Å². The van der Waals surface area contributed by atoms with Gasteiger partial charge in [-0.2, -0.15) is 0 Å². The summed E-state index contributed by atoms with van der Waals surface area (Å²) < 4.78 is 6.49. The maximum atomic E-state index is 12.0. The summed E-state index contributed by atoms with van der Waals surface area (Å²) in [6.07, 6.45) is 0.429. The minimum absolute atomic E-state index is 0.108. The first-order valence-corrected chi connectivity index (χ1v) is 7.29. The van der Waals surface area contributed by atoms with Crippen LogP contribution in [0.2, 0.25) is 0 Å². The molecule has 0 radical (unpaired) electrons. The van der Waals surface area contributed by atoms with Crippen molar-refractivity contribution in [3.63, 3.8) is 0 Å². The fraction of sp³-hybridized carbons (Fsp3) is 0.533. The molecule has 0 unspecified atom stereocenters. The van der Waals surface area contributed by atoms with Crippen LogP contribution in [0, 0.1) is 0 Å². The number of carbonyl (C=O) groups excluding carboxylic acids is 1. The number of halogens is 1. The monoisotopic (exact) mass is 325 g/mol. The van der Waals surface area contributed by atoms with Gasteiger partial charge in [-0.1, -0.05) is 28.1 Å². The van der Waals surface area contributed by atoms with Crippen LogP contribution >= 0.6 is 15.9 Å². The van der Waals surface area contributed by atoms with Crippen molar-refractivity contribution in [3.05, 3.63) is 34.3 Å². The van der Waals surface area contributed by atoms with Crippen molar-refractivity contribution in [1.29, 1.82) is 0 Å². The van der Waals surface area contributed by atoms with E-state index in [4.69, 9.17) is 4.74 Å². The van der Waals surface area contributed by atoms with Gasteiger partial charge in [-0.3, -0.25) is 4.79 Å². The zero-order valence-corrected chi connectivity index (χ0v) is 13.2. The number of hydrogen-bond donors (Lipinski definition) is 1. The molecule has 2 rings (SSSR count). The SMILES string of the molecule is CC(C)(C)OC(=O)CC1(c2ccc(Br)cc2)CNC1. The molecule has 0 aromatic heterocycles. The van der Waals surface area contributed by atoms with Crippen LogP contribution < -0.4 is 5.32 Å². The van der Waals surface area contributed by atoms with Crippen molar-refractivity contribution in [3.8, 4) is 0 Å². The summed E-state index contributed by atoms with van der Waals surface area (Å²) in [6, 6.07) is 8.19. The summed E-state index contributed by atoms with van der Waals surface area (Å²) in [5, 5.41) is 3.26. The maximum absolute atomic E-state index is 12.0. The summed E-state index contributed by atoms with van der Waals surface area (Å²) in [5.41, 5.74) is 0.665. The number of ether oxygens (including phenoxy) is 1. The van der Waals surface area contributed by atoms with E-state index in [0.717, 1.165) is 17.6 Å². The van der Waals surface area contributed by atoms with Crippen molar-refractivity contribution in [2.24, 2.45) is 0 Å². The molecule has 3 nitrogen and oxygen atoms in total. The Bertz CT molecular complexity index is 458.